The zero-order valence-electron chi connectivity index (χ0n) is 22.9. The number of benzene rings is 1. The lowest BCUT2D eigenvalue weighted by atomic mass is 9.63. The van der Waals surface area contributed by atoms with E-state index in [0.29, 0.717) is 33.4 Å². The van der Waals surface area contributed by atoms with E-state index in [2.05, 4.69) is 45.7 Å². The van der Waals surface area contributed by atoms with Crippen LogP contribution in [0.3, 0.4) is 0 Å². The number of aromatic nitrogens is 5. The lowest BCUT2D eigenvalue weighted by molar-refractivity contribution is -0.904. The van der Waals surface area contributed by atoms with Crippen molar-refractivity contribution in [3.63, 3.8) is 0 Å². The number of hydrogen-bond donors (Lipinski definition) is 3. The number of ether oxygens (including phenoxy) is 1. The molecule has 0 bridgehead atoms. The molecule has 4 N–H and O–H groups in total. The molecule has 1 amide bonds. The second-order valence-corrected chi connectivity index (χ2v) is 11.9. The van der Waals surface area contributed by atoms with Crippen molar-refractivity contribution in [2.24, 2.45) is 17.6 Å². The van der Waals surface area contributed by atoms with Crippen molar-refractivity contribution in [1.82, 2.24) is 19.5 Å². The van der Waals surface area contributed by atoms with Crippen molar-refractivity contribution < 1.29 is 19.5 Å². The van der Waals surface area contributed by atoms with Crippen LogP contribution in [-0.4, -0.2) is 36.7 Å². The molecule has 11 heteroatoms. The molecule has 1 aromatic carbocycles. The molecule has 6 rings (SSSR count). The lowest BCUT2D eigenvalue weighted by Crippen LogP contribution is -2.39. The summed E-state index contributed by atoms with van der Waals surface area (Å²) in [6.45, 7) is 3.06. The van der Waals surface area contributed by atoms with Gasteiger partial charge in [0.1, 0.15) is 22.1 Å². The molecular formula is C30H33ClN7O3+. The molecule has 10 nitrogen and oxygen atoms in total. The summed E-state index contributed by atoms with van der Waals surface area (Å²) < 4.78 is 7.98. The second kappa shape index (κ2) is 10.7. The largest absolute Gasteiger partial charge is 0.411 e. The molecule has 0 atom stereocenters. The van der Waals surface area contributed by atoms with Crippen molar-refractivity contribution in [2.75, 3.05) is 0 Å². The number of imidazole rings is 1. The van der Waals surface area contributed by atoms with Gasteiger partial charge in [0, 0.05) is 11.3 Å². The highest BCUT2D eigenvalue weighted by molar-refractivity contribution is 6.30. The van der Waals surface area contributed by atoms with Crippen molar-refractivity contribution in [3.8, 4) is 11.3 Å². The zero-order valence-corrected chi connectivity index (χ0v) is 23.6. The number of carbonyl (C=O) groups is 1. The summed E-state index contributed by atoms with van der Waals surface area (Å²) in [7, 11) is 0. The summed E-state index contributed by atoms with van der Waals surface area (Å²) >= 11 is 6.35. The number of rotatable bonds is 6. The maximum Gasteiger partial charge on any atom is 0.411 e. The minimum atomic E-state index is -1.13. The molecule has 0 unspecified atom stereocenters. The van der Waals surface area contributed by atoms with E-state index in [0.717, 1.165) is 55.1 Å². The molecule has 0 aliphatic heterocycles. The molecule has 0 saturated heterocycles. The number of amides is 1. The van der Waals surface area contributed by atoms with Crippen molar-refractivity contribution >= 4 is 34.8 Å². The fraction of sp³-hybridized carbons (Fsp3) is 0.400. The van der Waals surface area contributed by atoms with Crippen molar-refractivity contribution in [2.45, 2.75) is 63.8 Å². The van der Waals surface area contributed by atoms with Crippen LogP contribution in [0.5, 0.6) is 0 Å². The molecule has 2 saturated carbocycles. The Morgan fingerprint density at radius 1 is 1.17 bits per heavy atom. The highest BCUT2D eigenvalue weighted by atomic mass is 35.5. The van der Waals surface area contributed by atoms with Crippen molar-refractivity contribution in [3.05, 3.63) is 71.0 Å². The molecule has 3 heterocycles. The van der Waals surface area contributed by atoms with Crippen LogP contribution in [0.1, 0.15) is 69.1 Å². The Hall–Kier alpha value is -4.05. The van der Waals surface area contributed by atoms with E-state index in [9.17, 15) is 10.0 Å². The standard InChI is InChI=1S/C30H32ClN7O3/c1-18-8-10-19(11-9-18)15-38-24-23(20-14-22(31)17-37(40)16-20)34-27(25(32)41-29(33)39)35-26(24)36-28(38)30(12-5-13-30)21-6-3-2-4-7-21/h2-4,6-7,14,16-19,32H,5,8-13,15H2,1H3,(H2-,33,39,40)/p+1. The maximum atomic E-state index is 11.5. The summed E-state index contributed by atoms with van der Waals surface area (Å²) in [6, 6.07) is 12.1. The smallest absolute Gasteiger partial charge is 0.388 e. The summed E-state index contributed by atoms with van der Waals surface area (Å²) in [6.07, 6.45) is 9.33. The van der Waals surface area contributed by atoms with Gasteiger partial charge >= 0.3 is 6.09 Å². The minimum Gasteiger partial charge on any atom is -0.388 e. The van der Waals surface area contributed by atoms with Gasteiger partial charge < -0.3 is 15.0 Å². The van der Waals surface area contributed by atoms with Gasteiger partial charge in [0.15, 0.2) is 5.65 Å². The van der Waals surface area contributed by atoms with Crippen molar-refractivity contribution in [1.29, 1.82) is 5.41 Å². The molecule has 2 aliphatic rings. The fourth-order valence-electron chi connectivity index (χ4n) is 6.39. The number of halogens is 1. The van der Waals surface area contributed by atoms with Gasteiger partial charge in [-0.3, -0.25) is 10.6 Å². The first-order valence-corrected chi connectivity index (χ1v) is 14.4. The molecule has 212 valence electrons. The molecule has 4 aromatic rings. The third-order valence-corrected chi connectivity index (χ3v) is 8.85. The summed E-state index contributed by atoms with van der Waals surface area (Å²) in [5, 5.41) is 19.0. The predicted octanol–water partition coefficient (Wildman–Crippen LogP) is 5.39. The summed E-state index contributed by atoms with van der Waals surface area (Å²) in [5.41, 5.74) is 8.12. The van der Waals surface area contributed by atoms with E-state index >= 15 is 0 Å². The molecular weight excluding hydrogens is 542 g/mol. The molecule has 0 radical (unpaired) electrons. The van der Waals surface area contributed by atoms with E-state index in [4.69, 9.17) is 32.5 Å². The quantitative estimate of drug-likeness (QED) is 0.122. The Kier molecular flexibility index (Phi) is 7.11. The number of fused-ring (bicyclic) bond motifs is 1. The summed E-state index contributed by atoms with van der Waals surface area (Å²) in [4.78, 5) is 25.9. The average molecular weight is 575 g/mol. The topological polar surface area (TPSA) is 144 Å². The van der Waals surface area contributed by atoms with Crippen LogP contribution in [0.2, 0.25) is 5.02 Å². The van der Waals surface area contributed by atoms with Crippen LogP contribution in [0, 0.1) is 17.2 Å². The van der Waals surface area contributed by atoms with E-state index in [1.807, 2.05) is 6.07 Å². The van der Waals surface area contributed by atoms with Crippen LogP contribution in [0.15, 0.2) is 48.8 Å². The van der Waals surface area contributed by atoms with Gasteiger partial charge in [0.05, 0.1) is 11.0 Å². The highest BCUT2D eigenvalue weighted by Gasteiger charge is 2.45. The second-order valence-electron chi connectivity index (χ2n) is 11.4. The number of nitrogens with one attached hydrogen (secondary N) is 1. The Bertz CT molecular complexity index is 1610. The summed E-state index contributed by atoms with van der Waals surface area (Å²) in [5.74, 6) is 1.37. The van der Waals surface area contributed by atoms with E-state index in [1.54, 1.807) is 6.07 Å². The van der Waals surface area contributed by atoms with Gasteiger partial charge in [-0.05, 0) is 49.1 Å². The zero-order chi connectivity index (χ0) is 28.7. The predicted molar refractivity (Wildman–Crippen MR) is 153 cm³/mol. The average Bonchev–Trinajstić information content (AvgIpc) is 3.26. The SMILES string of the molecule is CC1CCC(Cn2c(C3(c4ccccc4)CCC3)nc3nc(C(=N)OC(N)=O)nc(-c4cc(Cl)c[n+](O)c4)c32)CC1. The Balaban J connectivity index is 1.62. The third kappa shape index (κ3) is 5.12. The highest BCUT2D eigenvalue weighted by Crippen LogP contribution is 2.50. The van der Waals surface area contributed by atoms with Crippen LogP contribution >= 0.6 is 11.6 Å². The number of primary amides is 1. The van der Waals surface area contributed by atoms with Crippen LogP contribution in [0.25, 0.3) is 22.4 Å². The van der Waals surface area contributed by atoms with Gasteiger partial charge in [0.25, 0.3) is 5.90 Å². The number of hydrogen-bond acceptors (Lipinski definition) is 7. The monoisotopic (exact) mass is 574 g/mol. The maximum absolute atomic E-state index is 11.5. The Labute approximate surface area is 242 Å². The first-order valence-electron chi connectivity index (χ1n) is 14.1. The van der Waals surface area contributed by atoms with Crippen LogP contribution in [-0.2, 0) is 16.7 Å². The third-order valence-electron chi connectivity index (χ3n) is 8.64. The first kappa shape index (κ1) is 27.1. The normalized spacial score (nSPS) is 20.0. The molecule has 0 spiro atoms. The Morgan fingerprint density at radius 2 is 1.90 bits per heavy atom. The molecule has 41 heavy (non-hydrogen) atoms. The van der Waals surface area contributed by atoms with Crippen LogP contribution < -0.4 is 10.5 Å². The van der Waals surface area contributed by atoms with Gasteiger partial charge in [-0.15, -0.1) is 0 Å². The van der Waals surface area contributed by atoms with Gasteiger partial charge in [-0.1, -0.05) is 68.1 Å². The van der Waals surface area contributed by atoms with E-state index < -0.39 is 12.0 Å². The number of nitrogens with two attached hydrogens (primary N) is 1. The Morgan fingerprint density at radius 3 is 2.54 bits per heavy atom. The number of pyridine rings is 1. The number of carbonyl (C=O) groups excluding carboxylic acids is 1. The fourth-order valence-corrected chi connectivity index (χ4v) is 6.60. The van der Waals surface area contributed by atoms with Gasteiger partial charge in [0.2, 0.25) is 18.2 Å². The van der Waals surface area contributed by atoms with Gasteiger partial charge in [-0.2, -0.15) is 0 Å². The molecule has 2 fully saturated rings. The first-order chi connectivity index (χ1) is 19.7. The van der Waals surface area contributed by atoms with E-state index in [-0.39, 0.29) is 11.2 Å². The van der Waals surface area contributed by atoms with Gasteiger partial charge in [-0.25, -0.2) is 19.7 Å². The van der Waals surface area contributed by atoms with E-state index in [1.165, 1.54) is 30.8 Å². The van der Waals surface area contributed by atoms with Crippen LogP contribution in [0.4, 0.5) is 4.79 Å². The molecule has 2 aliphatic carbocycles. The molecule has 3 aromatic heterocycles. The number of nitrogens with zero attached hydrogens (tertiary/aromatic N) is 5. The lowest BCUT2D eigenvalue weighted by Gasteiger charge is -2.42. The minimum absolute atomic E-state index is 0.138.